The van der Waals surface area contributed by atoms with Crippen LogP contribution in [0, 0.1) is 5.92 Å². The van der Waals surface area contributed by atoms with Crippen molar-refractivity contribution in [2.45, 2.75) is 90.2 Å². The fraction of sp³-hybridized carbons (Fsp3) is 0.882. The number of nitrogens with one attached hydrogen (secondary N) is 1. The molecule has 2 N–H and O–H groups in total. The van der Waals surface area contributed by atoms with E-state index >= 15 is 0 Å². The van der Waals surface area contributed by atoms with Crippen molar-refractivity contribution in [2.24, 2.45) is 5.92 Å². The van der Waals surface area contributed by atoms with Gasteiger partial charge in [-0.3, -0.25) is 9.59 Å². The predicted molar refractivity (Wildman–Crippen MR) is 84.0 cm³/mol. The predicted octanol–water partition coefficient (Wildman–Crippen LogP) is 2.97. The van der Waals surface area contributed by atoms with Crippen molar-refractivity contribution < 1.29 is 14.7 Å². The van der Waals surface area contributed by atoms with E-state index in [1.807, 2.05) is 13.8 Å². The lowest BCUT2D eigenvalue weighted by molar-refractivity contribution is -0.130. The zero-order chi connectivity index (χ0) is 15.7. The van der Waals surface area contributed by atoms with Crippen LogP contribution < -0.4 is 5.32 Å². The standard InChI is InChI=1S/C17H31NO3/c1-3-8-15(19)17(21)14(18-16(20)9-4-2)12-13-10-6-5-7-11-13/h13-14,17,21H,3-12H2,1-2H3,(H,18,20)/t14-,17+/m0/s1. The summed E-state index contributed by atoms with van der Waals surface area (Å²) < 4.78 is 0. The maximum absolute atomic E-state index is 12.0. The molecule has 0 heterocycles. The molecule has 0 bridgehead atoms. The summed E-state index contributed by atoms with van der Waals surface area (Å²) in [6, 6.07) is -0.411. The molecule has 21 heavy (non-hydrogen) atoms. The van der Waals surface area contributed by atoms with Crippen molar-refractivity contribution in [3.05, 3.63) is 0 Å². The Balaban J connectivity index is 2.63. The first kappa shape index (κ1) is 18.1. The van der Waals surface area contributed by atoms with E-state index in [0.29, 0.717) is 18.8 Å². The lowest BCUT2D eigenvalue weighted by atomic mass is 9.83. The second-order valence-electron chi connectivity index (χ2n) is 6.32. The van der Waals surface area contributed by atoms with Gasteiger partial charge in [-0.05, 0) is 25.2 Å². The molecule has 1 aliphatic carbocycles. The van der Waals surface area contributed by atoms with Gasteiger partial charge >= 0.3 is 0 Å². The Morgan fingerprint density at radius 2 is 1.71 bits per heavy atom. The topological polar surface area (TPSA) is 66.4 Å². The Morgan fingerprint density at radius 3 is 2.29 bits per heavy atom. The summed E-state index contributed by atoms with van der Waals surface area (Å²) in [4.78, 5) is 23.8. The van der Waals surface area contributed by atoms with Crippen molar-refractivity contribution in [1.82, 2.24) is 5.32 Å². The summed E-state index contributed by atoms with van der Waals surface area (Å²) in [5.74, 6) is 0.325. The molecule has 1 fully saturated rings. The Kier molecular flexibility index (Phi) is 8.58. The molecule has 2 atom stereocenters. The first-order valence-corrected chi connectivity index (χ1v) is 8.58. The number of Topliss-reactive ketones (excluding diaryl/α,β-unsaturated/α-hetero) is 1. The maximum atomic E-state index is 12.0. The fourth-order valence-electron chi connectivity index (χ4n) is 3.17. The average Bonchev–Trinajstić information content (AvgIpc) is 2.47. The molecule has 1 rings (SSSR count). The highest BCUT2D eigenvalue weighted by molar-refractivity contribution is 5.84. The lowest BCUT2D eigenvalue weighted by Gasteiger charge is -2.29. The molecule has 1 amide bonds. The molecule has 0 radical (unpaired) electrons. The van der Waals surface area contributed by atoms with Crippen LogP contribution in [-0.2, 0) is 9.59 Å². The van der Waals surface area contributed by atoms with Crippen LogP contribution in [0.3, 0.4) is 0 Å². The lowest BCUT2D eigenvalue weighted by Crippen LogP contribution is -2.48. The Bertz CT molecular complexity index is 324. The van der Waals surface area contributed by atoms with Crippen LogP contribution >= 0.6 is 0 Å². The van der Waals surface area contributed by atoms with E-state index in [-0.39, 0.29) is 11.7 Å². The van der Waals surface area contributed by atoms with E-state index in [1.54, 1.807) is 0 Å². The molecule has 0 saturated heterocycles. The van der Waals surface area contributed by atoms with Gasteiger partial charge in [0.1, 0.15) is 6.10 Å². The van der Waals surface area contributed by atoms with Crippen molar-refractivity contribution in [3.8, 4) is 0 Å². The number of hydrogen-bond acceptors (Lipinski definition) is 3. The highest BCUT2D eigenvalue weighted by atomic mass is 16.3. The largest absolute Gasteiger partial charge is 0.383 e. The van der Waals surface area contributed by atoms with Gasteiger partial charge in [-0.15, -0.1) is 0 Å². The van der Waals surface area contributed by atoms with Crippen molar-refractivity contribution in [2.75, 3.05) is 0 Å². The van der Waals surface area contributed by atoms with E-state index in [9.17, 15) is 14.7 Å². The van der Waals surface area contributed by atoms with Gasteiger partial charge in [-0.2, -0.15) is 0 Å². The minimum absolute atomic E-state index is 0.0540. The number of carbonyl (C=O) groups is 2. The van der Waals surface area contributed by atoms with Crippen molar-refractivity contribution in [3.63, 3.8) is 0 Å². The molecule has 0 aliphatic heterocycles. The van der Waals surface area contributed by atoms with Crippen LogP contribution in [-0.4, -0.2) is 28.9 Å². The van der Waals surface area contributed by atoms with Gasteiger partial charge in [0, 0.05) is 12.8 Å². The van der Waals surface area contributed by atoms with Crippen molar-refractivity contribution in [1.29, 1.82) is 0 Å². The normalized spacial score (nSPS) is 19.0. The molecule has 0 unspecified atom stereocenters. The van der Waals surface area contributed by atoms with E-state index in [0.717, 1.165) is 32.1 Å². The fourth-order valence-corrected chi connectivity index (χ4v) is 3.17. The van der Waals surface area contributed by atoms with E-state index in [1.165, 1.54) is 19.3 Å². The second-order valence-corrected chi connectivity index (χ2v) is 6.32. The molecule has 1 aliphatic rings. The van der Waals surface area contributed by atoms with E-state index in [4.69, 9.17) is 0 Å². The quantitative estimate of drug-likeness (QED) is 0.687. The van der Waals surface area contributed by atoms with Crippen LogP contribution in [0.15, 0.2) is 0 Å². The minimum atomic E-state index is -1.05. The SMILES string of the molecule is CCCC(=O)N[C@@H](CC1CCCCC1)[C@@H](O)C(=O)CCC. The van der Waals surface area contributed by atoms with Crippen LogP contribution in [0.25, 0.3) is 0 Å². The highest BCUT2D eigenvalue weighted by Crippen LogP contribution is 2.28. The minimum Gasteiger partial charge on any atom is -0.383 e. The first-order chi connectivity index (χ1) is 10.1. The van der Waals surface area contributed by atoms with Gasteiger partial charge in [-0.25, -0.2) is 0 Å². The number of aliphatic hydroxyl groups is 1. The van der Waals surface area contributed by atoms with E-state index < -0.39 is 12.1 Å². The van der Waals surface area contributed by atoms with E-state index in [2.05, 4.69) is 5.32 Å². The zero-order valence-corrected chi connectivity index (χ0v) is 13.6. The molecular formula is C17H31NO3. The third-order valence-electron chi connectivity index (χ3n) is 4.34. The van der Waals surface area contributed by atoms with Gasteiger partial charge in [0.25, 0.3) is 0 Å². The Hall–Kier alpha value is -0.900. The molecule has 0 aromatic heterocycles. The van der Waals surface area contributed by atoms with Crippen molar-refractivity contribution >= 4 is 11.7 Å². The van der Waals surface area contributed by atoms with Crippen LogP contribution in [0.2, 0.25) is 0 Å². The summed E-state index contributed by atoms with van der Waals surface area (Å²) in [6.45, 7) is 3.88. The van der Waals surface area contributed by atoms with Crippen LogP contribution in [0.1, 0.15) is 78.1 Å². The first-order valence-electron chi connectivity index (χ1n) is 8.58. The van der Waals surface area contributed by atoms with Gasteiger partial charge < -0.3 is 10.4 Å². The molecule has 1 saturated carbocycles. The molecule has 122 valence electrons. The number of ketones is 1. The molecular weight excluding hydrogens is 266 g/mol. The number of hydrogen-bond donors (Lipinski definition) is 2. The van der Waals surface area contributed by atoms with Gasteiger partial charge in [0.2, 0.25) is 5.91 Å². The second kappa shape index (κ2) is 9.93. The molecule has 4 heteroatoms. The smallest absolute Gasteiger partial charge is 0.220 e. The Morgan fingerprint density at radius 1 is 1.10 bits per heavy atom. The Labute approximate surface area is 128 Å². The monoisotopic (exact) mass is 297 g/mol. The maximum Gasteiger partial charge on any atom is 0.220 e. The zero-order valence-electron chi connectivity index (χ0n) is 13.6. The third kappa shape index (κ3) is 6.60. The summed E-state index contributed by atoms with van der Waals surface area (Å²) in [6.07, 6.45) is 8.04. The third-order valence-corrected chi connectivity index (χ3v) is 4.34. The van der Waals surface area contributed by atoms with Crippen LogP contribution in [0.5, 0.6) is 0 Å². The summed E-state index contributed by atoms with van der Waals surface area (Å²) in [7, 11) is 0. The number of aliphatic hydroxyl groups excluding tert-OH is 1. The highest BCUT2D eigenvalue weighted by Gasteiger charge is 2.29. The summed E-state index contributed by atoms with van der Waals surface area (Å²) >= 11 is 0. The summed E-state index contributed by atoms with van der Waals surface area (Å²) in [5.41, 5.74) is 0. The molecule has 0 aromatic rings. The van der Waals surface area contributed by atoms with Gasteiger partial charge in [0.15, 0.2) is 5.78 Å². The molecule has 0 spiro atoms. The number of carbonyl (C=O) groups excluding carboxylic acids is 2. The van der Waals surface area contributed by atoms with Gasteiger partial charge in [0.05, 0.1) is 6.04 Å². The number of amides is 1. The molecule has 0 aromatic carbocycles. The number of rotatable bonds is 9. The molecule has 4 nitrogen and oxygen atoms in total. The van der Waals surface area contributed by atoms with Crippen LogP contribution in [0.4, 0.5) is 0 Å². The average molecular weight is 297 g/mol. The summed E-state index contributed by atoms with van der Waals surface area (Å²) in [5, 5.41) is 13.2. The van der Waals surface area contributed by atoms with Gasteiger partial charge in [-0.1, -0.05) is 46.0 Å².